The normalized spacial score (nSPS) is 21.6. The number of guanidine groups is 1. The molecule has 6 heteroatoms. The number of hydrogen-bond acceptors (Lipinski definition) is 1. The molecule has 1 aliphatic rings. The van der Waals surface area contributed by atoms with E-state index in [1.807, 2.05) is 0 Å². The Morgan fingerprint density at radius 1 is 1.53 bits per heavy atom. The van der Waals surface area contributed by atoms with Crippen molar-refractivity contribution in [3.63, 3.8) is 0 Å². The third-order valence-electron chi connectivity index (χ3n) is 3.11. The van der Waals surface area contributed by atoms with Crippen LogP contribution in [0.15, 0.2) is 27.7 Å². The summed E-state index contributed by atoms with van der Waals surface area (Å²) >= 11 is 3.41. The quantitative estimate of drug-likeness (QED) is 0.429. The molecule has 106 valence electrons. The van der Waals surface area contributed by atoms with Crippen molar-refractivity contribution in [3.8, 4) is 0 Å². The van der Waals surface area contributed by atoms with Crippen molar-refractivity contribution in [2.45, 2.75) is 25.9 Å². The second-order valence-electron chi connectivity index (χ2n) is 4.63. The summed E-state index contributed by atoms with van der Waals surface area (Å²) in [7, 11) is 1.74. The van der Waals surface area contributed by atoms with E-state index in [9.17, 15) is 4.39 Å². The lowest BCUT2D eigenvalue weighted by Gasteiger charge is -2.12. The van der Waals surface area contributed by atoms with Crippen LogP contribution < -0.4 is 10.6 Å². The molecule has 0 aromatic heterocycles. The Kier molecular flexibility index (Phi) is 6.52. The highest BCUT2D eigenvalue weighted by molar-refractivity contribution is 14.0. The molecule has 1 saturated carbocycles. The molecule has 0 bridgehead atoms. The van der Waals surface area contributed by atoms with E-state index in [0.717, 1.165) is 16.0 Å². The fraction of sp³-hybridized carbons (Fsp3) is 0.462. The van der Waals surface area contributed by atoms with Crippen molar-refractivity contribution in [1.29, 1.82) is 0 Å². The van der Waals surface area contributed by atoms with Crippen molar-refractivity contribution in [3.05, 3.63) is 34.1 Å². The molecule has 1 aliphatic carbocycles. The molecule has 2 N–H and O–H groups in total. The smallest absolute Gasteiger partial charge is 0.191 e. The van der Waals surface area contributed by atoms with E-state index >= 15 is 0 Å². The summed E-state index contributed by atoms with van der Waals surface area (Å²) in [5.41, 5.74) is 0.877. The molecule has 0 aliphatic heterocycles. The van der Waals surface area contributed by atoms with Gasteiger partial charge in [-0.15, -0.1) is 24.0 Å². The number of hydrogen-bond donors (Lipinski definition) is 2. The lowest BCUT2D eigenvalue weighted by Crippen LogP contribution is -2.38. The first kappa shape index (κ1) is 16.7. The maximum atomic E-state index is 13.1. The van der Waals surface area contributed by atoms with Gasteiger partial charge in [0.2, 0.25) is 0 Å². The maximum absolute atomic E-state index is 13.1. The van der Waals surface area contributed by atoms with Gasteiger partial charge in [0.15, 0.2) is 5.96 Å². The first-order valence-corrected chi connectivity index (χ1v) is 6.80. The van der Waals surface area contributed by atoms with E-state index in [1.54, 1.807) is 13.1 Å². The van der Waals surface area contributed by atoms with Gasteiger partial charge in [-0.05, 0) is 36.1 Å². The highest BCUT2D eigenvalue weighted by Crippen LogP contribution is 2.28. The van der Waals surface area contributed by atoms with Crippen LogP contribution >= 0.6 is 39.9 Å². The van der Waals surface area contributed by atoms with E-state index in [4.69, 9.17) is 0 Å². The Balaban J connectivity index is 0.00000180. The number of halogens is 3. The third kappa shape index (κ3) is 4.91. The Morgan fingerprint density at radius 2 is 2.21 bits per heavy atom. The Hall–Kier alpha value is -0.370. The number of nitrogens with one attached hydrogen (secondary N) is 2. The van der Waals surface area contributed by atoms with Crippen molar-refractivity contribution in [1.82, 2.24) is 10.6 Å². The largest absolute Gasteiger partial charge is 0.353 e. The van der Waals surface area contributed by atoms with Crippen LogP contribution in [0.5, 0.6) is 0 Å². The first-order valence-electron chi connectivity index (χ1n) is 6.01. The standard InChI is InChI=1S/C13H17BrFN3.HI/c1-8-5-12(8)18-13(16-2)17-7-9-6-10(15)3-4-11(9)14;/h3-4,6,8,12H,5,7H2,1-2H3,(H2,16,17,18);1H. The van der Waals surface area contributed by atoms with Crippen LogP contribution in [0.25, 0.3) is 0 Å². The monoisotopic (exact) mass is 441 g/mol. The Morgan fingerprint density at radius 3 is 2.79 bits per heavy atom. The van der Waals surface area contributed by atoms with Crippen LogP contribution in [-0.2, 0) is 6.54 Å². The van der Waals surface area contributed by atoms with Crippen LogP contribution in [-0.4, -0.2) is 19.0 Å². The molecule has 1 aromatic rings. The zero-order valence-electron chi connectivity index (χ0n) is 10.9. The van der Waals surface area contributed by atoms with Crippen LogP contribution in [0, 0.1) is 11.7 Å². The summed E-state index contributed by atoms with van der Waals surface area (Å²) in [5.74, 6) is 1.25. The van der Waals surface area contributed by atoms with Crippen LogP contribution in [0.1, 0.15) is 18.9 Å². The van der Waals surface area contributed by atoms with Gasteiger partial charge in [0.1, 0.15) is 5.82 Å². The van der Waals surface area contributed by atoms with Gasteiger partial charge in [0.05, 0.1) is 0 Å². The van der Waals surface area contributed by atoms with Gasteiger partial charge < -0.3 is 10.6 Å². The third-order valence-corrected chi connectivity index (χ3v) is 3.88. The van der Waals surface area contributed by atoms with Gasteiger partial charge in [-0.2, -0.15) is 0 Å². The van der Waals surface area contributed by atoms with E-state index in [-0.39, 0.29) is 29.8 Å². The molecule has 2 rings (SSSR count). The highest BCUT2D eigenvalue weighted by atomic mass is 127. The summed E-state index contributed by atoms with van der Waals surface area (Å²) in [5, 5.41) is 6.51. The number of nitrogens with zero attached hydrogens (tertiary/aromatic N) is 1. The zero-order valence-corrected chi connectivity index (χ0v) is 14.8. The number of benzene rings is 1. The molecule has 0 heterocycles. The topological polar surface area (TPSA) is 36.4 Å². The average molecular weight is 442 g/mol. The van der Waals surface area contributed by atoms with E-state index in [0.29, 0.717) is 18.5 Å². The predicted octanol–water partition coefficient (Wildman–Crippen LogP) is 3.28. The lowest BCUT2D eigenvalue weighted by atomic mass is 10.2. The van der Waals surface area contributed by atoms with E-state index in [1.165, 1.54) is 18.6 Å². The van der Waals surface area contributed by atoms with Crippen molar-refractivity contribution in [2.24, 2.45) is 10.9 Å². The minimum Gasteiger partial charge on any atom is -0.353 e. The van der Waals surface area contributed by atoms with Crippen molar-refractivity contribution < 1.29 is 4.39 Å². The molecule has 1 aromatic carbocycles. The zero-order chi connectivity index (χ0) is 13.1. The number of rotatable bonds is 3. The number of aliphatic imine (C=N–C) groups is 1. The van der Waals surface area contributed by atoms with Gasteiger partial charge >= 0.3 is 0 Å². The molecule has 19 heavy (non-hydrogen) atoms. The molecular formula is C13H18BrFIN3. The summed E-state index contributed by atoms with van der Waals surface area (Å²) in [6, 6.07) is 5.19. The molecule has 0 saturated heterocycles. The van der Waals surface area contributed by atoms with E-state index in [2.05, 4.69) is 38.5 Å². The molecule has 0 radical (unpaired) electrons. The fourth-order valence-corrected chi connectivity index (χ4v) is 2.14. The Bertz CT molecular complexity index is 467. The minimum absolute atomic E-state index is 0. The van der Waals surface area contributed by atoms with Gasteiger partial charge in [-0.1, -0.05) is 22.9 Å². The molecule has 2 unspecified atom stereocenters. The average Bonchev–Trinajstić information content (AvgIpc) is 3.04. The summed E-state index contributed by atoms with van der Waals surface area (Å²) in [6.45, 7) is 2.74. The van der Waals surface area contributed by atoms with Gasteiger partial charge in [0, 0.05) is 24.1 Å². The highest BCUT2D eigenvalue weighted by Gasteiger charge is 2.33. The minimum atomic E-state index is -0.228. The van der Waals surface area contributed by atoms with Crippen LogP contribution in [0.3, 0.4) is 0 Å². The van der Waals surface area contributed by atoms with Gasteiger partial charge in [-0.25, -0.2) is 4.39 Å². The maximum Gasteiger partial charge on any atom is 0.191 e. The fourth-order valence-electron chi connectivity index (χ4n) is 1.75. The summed E-state index contributed by atoms with van der Waals surface area (Å²) in [4.78, 5) is 4.16. The molecule has 1 fully saturated rings. The lowest BCUT2D eigenvalue weighted by molar-refractivity contribution is 0.624. The first-order chi connectivity index (χ1) is 8.60. The molecule has 3 nitrogen and oxygen atoms in total. The van der Waals surface area contributed by atoms with Gasteiger partial charge in [0.25, 0.3) is 0 Å². The summed E-state index contributed by atoms with van der Waals surface area (Å²) in [6.07, 6.45) is 1.18. The SMILES string of the molecule is CN=C(NCc1cc(F)ccc1Br)NC1CC1C.I. The predicted molar refractivity (Wildman–Crippen MR) is 90.4 cm³/mol. The molecular weight excluding hydrogens is 424 g/mol. The second kappa shape index (κ2) is 7.42. The van der Waals surface area contributed by atoms with Crippen LogP contribution in [0.4, 0.5) is 4.39 Å². The Labute approximate surface area is 138 Å². The van der Waals surface area contributed by atoms with Crippen LogP contribution in [0.2, 0.25) is 0 Å². The molecule has 0 spiro atoms. The van der Waals surface area contributed by atoms with Crippen molar-refractivity contribution >= 4 is 45.9 Å². The second-order valence-corrected chi connectivity index (χ2v) is 5.48. The molecule has 0 amide bonds. The van der Waals surface area contributed by atoms with E-state index < -0.39 is 0 Å². The molecule has 2 atom stereocenters. The van der Waals surface area contributed by atoms with Crippen molar-refractivity contribution in [2.75, 3.05) is 7.05 Å². The summed E-state index contributed by atoms with van der Waals surface area (Å²) < 4.78 is 14.0. The van der Waals surface area contributed by atoms with Gasteiger partial charge in [-0.3, -0.25) is 4.99 Å².